The Morgan fingerprint density at radius 3 is 2.64 bits per heavy atom. The number of amides is 1. The highest BCUT2D eigenvalue weighted by atomic mass is 35.5. The molecule has 3 aromatic heterocycles. The fraction of sp³-hybridized carbons (Fsp3) is 0.111. The Hall–Kier alpha value is -3.10. The molecule has 0 aliphatic heterocycles. The molecule has 0 bridgehead atoms. The largest absolute Gasteiger partial charge is 0.454 e. The maximum Gasteiger partial charge on any atom is 0.293 e. The van der Waals surface area contributed by atoms with E-state index >= 15 is 0 Å². The van der Waals surface area contributed by atoms with E-state index in [0.29, 0.717) is 28.9 Å². The molecule has 3 heterocycles. The van der Waals surface area contributed by atoms with E-state index in [1.54, 1.807) is 41.2 Å². The first-order valence-corrected chi connectivity index (χ1v) is 9.04. The van der Waals surface area contributed by atoms with Gasteiger partial charge in [0.05, 0.1) is 13.1 Å². The Labute approximate surface area is 169 Å². The highest BCUT2D eigenvalue weighted by Crippen LogP contribution is 2.25. The Bertz CT molecular complexity index is 1080. The van der Waals surface area contributed by atoms with E-state index in [0.717, 1.165) is 5.56 Å². The molecule has 1 N–H and O–H groups in total. The number of halogens is 2. The van der Waals surface area contributed by atoms with Crippen LogP contribution in [0.2, 0.25) is 10.0 Å². The molecule has 8 nitrogen and oxygen atoms in total. The first-order chi connectivity index (χ1) is 13.6. The number of nitrogens with zero attached hydrogens (tertiary/aromatic N) is 5. The molecule has 4 rings (SSSR count). The van der Waals surface area contributed by atoms with Crippen molar-refractivity contribution in [2.75, 3.05) is 5.32 Å². The zero-order valence-corrected chi connectivity index (χ0v) is 15.9. The van der Waals surface area contributed by atoms with Crippen LogP contribution in [0.4, 0.5) is 5.95 Å². The van der Waals surface area contributed by atoms with Crippen molar-refractivity contribution < 1.29 is 9.21 Å². The van der Waals surface area contributed by atoms with Crippen LogP contribution in [0, 0.1) is 0 Å². The Morgan fingerprint density at radius 1 is 1.07 bits per heavy atom. The van der Waals surface area contributed by atoms with Crippen molar-refractivity contribution in [3.8, 4) is 0 Å². The molecule has 10 heteroatoms. The van der Waals surface area contributed by atoms with Crippen LogP contribution in [0.1, 0.15) is 21.9 Å². The highest BCUT2D eigenvalue weighted by Gasteiger charge is 2.15. The summed E-state index contributed by atoms with van der Waals surface area (Å²) in [4.78, 5) is 16.4. The number of rotatable bonds is 6. The molecule has 0 fully saturated rings. The summed E-state index contributed by atoms with van der Waals surface area (Å²) in [6.45, 7) is 0.766. The van der Waals surface area contributed by atoms with Gasteiger partial charge >= 0.3 is 0 Å². The molecule has 0 unspecified atom stereocenters. The Balaban J connectivity index is 1.41. The van der Waals surface area contributed by atoms with E-state index in [4.69, 9.17) is 27.6 Å². The normalized spacial score (nSPS) is 10.9. The van der Waals surface area contributed by atoms with Crippen molar-refractivity contribution in [2.24, 2.45) is 0 Å². The van der Waals surface area contributed by atoms with Gasteiger partial charge in [-0.05, 0) is 30.3 Å². The van der Waals surface area contributed by atoms with E-state index in [1.807, 2.05) is 12.3 Å². The summed E-state index contributed by atoms with van der Waals surface area (Å²) >= 11 is 12.3. The molecule has 1 aromatic carbocycles. The molecule has 0 aliphatic rings. The number of furan rings is 1. The first kappa shape index (κ1) is 18.3. The van der Waals surface area contributed by atoms with E-state index in [1.165, 1.54) is 11.0 Å². The van der Waals surface area contributed by atoms with Gasteiger partial charge in [-0.1, -0.05) is 29.3 Å². The summed E-state index contributed by atoms with van der Waals surface area (Å²) in [6.07, 6.45) is 4.97. The standard InChI is InChI=1S/C18H14Cl2N6O2/c19-14-3-1-4-15(20)13(14)10-26-11-21-18(24-26)23-17(27)16-6-5-12(28-16)9-25-8-2-7-22-25/h1-8,11H,9-10H2,(H,23,24,27). The minimum atomic E-state index is -0.444. The number of hydrogen-bond donors (Lipinski definition) is 1. The van der Waals surface area contributed by atoms with Crippen LogP contribution in [0.25, 0.3) is 0 Å². The van der Waals surface area contributed by atoms with E-state index < -0.39 is 5.91 Å². The number of benzene rings is 1. The average molecular weight is 417 g/mol. The topological polar surface area (TPSA) is 90.8 Å². The van der Waals surface area contributed by atoms with Crippen molar-refractivity contribution in [3.05, 3.63) is 82.2 Å². The number of carbonyl (C=O) groups excluding carboxylic acids is 1. The second kappa shape index (κ2) is 7.87. The van der Waals surface area contributed by atoms with Crippen LogP contribution < -0.4 is 5.32 Å². The lowest BCUT2D eigenvalue weighted by Crippen LogP contribution is -2.13. The van der Waals surface area contributed by atoms with Gasteiger partial charge in [0.25, 0.3) is 5.91 Å². The van der Waals surface area contributed by atoms with Crippen LogP contribution in [0.5, 0.6) is 0 Å². The van der Waals surface area contributed by atoms with Gasteiger partial charge in [0.2, 0.25) is 5.95 Å². The number of carbonyl (C=O) groups is 1. The third kappa shape index (κ3) is 4.08. The molecule has 4 aromatic rings. The van der Waals surface area contributed by atoms with Gasteiger partial charge in [-0.25, -0.2) is 9.67 Å². The molecule has 0 atom stereocenters. The van der Waals surface area contributed by atoms with Crippen molar-refractivity contribution in [3.63, 3.8) is 0 Å². The molecular formula is C18H14Cl2N6O2. The number of hydrogen-bond acceptors (Lipinski definition) is 5. The van der Waals surface area contributed by atoms with Crippen LogP contribution in [-0.2, 0) is 13.1 Å². The zero-order valence-electron chi connectivity index (χ0n) is 14.4. The third-order valence-corrected chi connectivity index (χ3v) is 4.61. The Kier molecular flexibility index (Phi) is 5.14. The summed E-state index contributed by atoms with van der Waals surface area (Å²) in [7, 11) is 0. The predicted molar refractivity (Wildman–Crippen MR) is 104 cm³/mol. The maximum absolute atomic E-state index is 12.3. The quantitative estimate of drug-likeness (QED) is 0.516. The van der Waals surface area contributed by atoms with Crippen molar-refractivity contribution in [1.82, 2.24) is 24.5 Å². The van der Waals surface area contributed by atoms with Gasteiger partial charge in [-0.2, -0.15) is 5.10 Å². The number of anilines is 1. The molecule has 0 aliphatic carbocycles. The molecule has 1 amide bonds. The van der Waals surface area contributed by atoms with E-state index in [9.17, 15) is 4.79 Å². The van der Waals surface area contributed by atoms with Gasteiger partial charge in [-0.3, -0.25) is 14.8 Å². The van der Waals surface area contributed by atoms with Crippen LogP contribution in [0.15, 0.2) is 59.5 Å². The van der Waals surface area contributed by atoms with Gasteiger partial charge in [0, 0.05) is 28.0 Å². The minimum absolute atomic E-state index is 0.151. The fourth-order valence-electron chi connectivity index (χ4n) is 2.58. The highest BCUT2D eigenvalue weighted by molar-refractivity contribution is 6.35. The van der Waals surface area contributed by atoms with Gasteiger partial charge in [0.1, 0.15) is 12.1 Å². The molecule has 0 radical (unpaired) electrons. The number of aromatic nitrogens is 5. The second-order valence-electron chi connectivity index (χ2n) is 5.89. The summed E-state index contributed by atoms with van der Waals surface area (Å²) in [5.74, 6) is 0.479. The molecule has 142 valence electrons. The lowest BCUT2D eigenvalue weighted by Gasteiger charge is -2.06. The molecule has 0 spiro atoms. The average Bonchev–Trinajstić information content (AvgIpc) is 3.41. The van der Waals surface area contributed by atoms with Gasteiger partial charge in [0.15, 0.2) is 5.76 Å². The van der Waals surface area contributed by atoms with Crippen LogP contribution in [-0.4, -0.2) is 30.5 Å². The van der Waals surface area contributed by atoms with Gasteiger partial charge in [-0.15, -0.1) is 5.10 Å². The molecule has 28 heavy (non-hydrogen) atoms. The summed E-state index contributed by atoms with van der Waals surface area (Å²) < 4.78 is 8.79. The fourth-order valence-corrected chi connectivity index (χ4v) is 3.09. The van der Waals surface area contributed by atoms with E-state index in [-0.39, 0.29) is 11.7 Å². The third-order valence-electron chi connectivity index (χ3n) is 3.91. The number of nitrogens with one attached hydrogen (secondary N) is 1. The first-order valence-electron chi connectivity index (χ1n) is 8.28. The smallest absolute Gasteiger partial charge is 0.293 e. The summed E-state index contributed by atoms with van der Waals surface area (Å²) in [5.41, 5.74) is 0.725. The van der Waals surface area contributed by atoms with E-state index in [2.05, 4.69) is 20.5 Å². The summed E-state index contributed by atoms with van der Waals surface area (Å²) in [6, 6.07) is 10.4. The van der Waals surface area contributed by atoms with Gasteiger partial charge < -0.3 is 4.42 Å². The van der Waals surface area contributed by atoms with Crippen LogP contribution in [0.3, 0.4) is 0 Å². The monoisotopic (exact) mass is 416 g/mol. The Morgan fingerprint density at radius 2 is 1.89 bits per heavy atom. The lowest BCUT2D eigenvalue weighted by atomic mass is 10.2. The zero-order chi connectivity index (χ0) is 19.5. The summed E-state index contributed by atoms with van der Waals surface area (Å²) in [5, 5.41) is 12.0. The van der Waals surface area contributed by atoms with Crippen molar-refractivity contribution in [1.29, 1.82) is 0 Å². The second-order valence-corrected chi connectivity index (χ2v) is 6.70. The SMILES string of the molecule is O=C(Nc1ncn(Cc2c(Cl)cccc2Cl)n1)c1ccc(Cn2cccn2)o1. The maximum atomic E-state index is 12.3. The molecular weight excluding hydrogens is 403 g/mol. The molecule has 0 saturated heterocycles. The predicted octanol–water partition coefficient (Wildman–Crippen LogP) is 3.72. The van der Waals surface area contributed by atoms with Crippen molar-refractivity contribution >= 4 is 35.1 Å². The molecule has 0 saturated carbocycles. The van der Waals surface area contributed by atoms with Crippen LogP contribution >= 0.6 is 23.2 Å². The lowest BCUT2D eigenvalue weighted by molar-refractivity contribution is 0.0993. The minimum Gasteiger partial charge on any atom is -0.454 e. The van der Waals surface area contributed by atoms with Crippen molar-refractivity contribution in [2.45, 2.75) is 13.1 Å².